The van der Waals surface area contributed by atoms with E-state index in [9.17, 15) is 0 Å². The number of hydrogen-bond acceptors (Lipinski definition) is 4. The minimum absolute atomic E-state index is 0.119. The summed E-state index contributed by atoms with van der Waals surface area (Å²) in [5.74, 6) is 0.773. The van der Waals surface area contributed by atoms with Crippen LogP contribution in [0.1, 0.15) is 13.8 Å². The van der Waals surface area contributed by atoms with Crippen molar-refractivity contribution < 1.29 is 4.74 Å². The third kappa shape index (κ3) is 4.05. The van der Waals surface area contributed by atoms with E-state index in [-0.39, 0.29) is 6.10 Å². The molecule has 2 aromatic rings. The van der Waals surface area contributed by atoms with E-state index >= 15 is 0 Å². The highest BCUT2D eigenvalue weighted by molar-refractivity contribution is 5.76. The van der Waals surface area contributed by atoms with Gasteiger partial charge in [-0.3, -0.25) is 0 Å². The number of rotatable bonds is 5. The standard InChI is InChI=1S/C17H23N3O/c1-12(2)21-15-10-13(18)9-14(11-15)19-16-7-5-6-8-17(16)20(3)4/h5-12,19H,18H2,1-4H3. The summed E-state index contributed by atoms with van der Waals surface area (Å²) in [6.45, 7) is 4.00. The Kier molecular flexibility index (Phi) is 4.58. The lowest BCUT2D eigenvalue weighted by Crippen LogP contribution is -2.11. The molecule has 0 heterocycles. The van der Waals surface area contributed by atoms with Crippen LogP contribution < -0.4 is 20.7 Å². The van der Waals surface area contributed by atoms with E-state index in [1.807, 2.05) is 64.3 Å². The topological polar surface area (TPSA) is 50.5 Å². The lowest BCUT2D eigenvalue weighted by Gasteiger charge is -2.19. The number of para-hydroxylation sites is 2. The molecule has 0 aliphatic carbocycles. The summed E-state index contributed by atoms with van der Waals surface area (Å²) in [5.41, 5.74) is 9.70. The lowest BCUT2D eigenvalue weighted by atomic mass is 10.2. The van der Waals surface area contributed by atoms with Crippen LogP contribution in [0.15, 0.2) is 42.5 Å². The first-order valence-electron chi connectivity index (χ1n) is 7.06. The quantitative estimate of drug-likeness (QED) is 0.819. The van der Waals surface area contributed by atoms with Gasteiger partial charge in [0.15, 0.2) is 0 Å². The van der Waals surface area contributed by atoms with Crippen molar-refractivity contribution in [2.45, 2.75) is 20.0 Å². The second-order valence-corrected chi connectivity index (χ2v) is 5.49. The smallest absolute Gasteiger partial charge is 0.123 e. The summed E-state index contributed by atoms with van der Waals surface area (Å²) < 4.78 is 5.72. The Morgan fingerprint density at radius 1 is 1.10 bits per heavy atom. The first-order chi connectivity index (χ1) is 9.95. The van der Waals surface area contributed by atoms with Crippen molar-refractivity contribution in [2.24, 2.45) is 0 Å². The van der Waals surface area contributed by atoms with Gasteiger partial charge >= 0.3 is 0 Å². The number of anilines is 4. The van der Waals surface area contributed by atoms with Gasteiger partial charge in [0.05, 0.1) is 17.5 Å². The second-order valence-electron chi connectivity index (χ2n) is 5.49. The minimum atomic E-state index is 0.119. The number of benzene rings is 2. The van der Waals surface area contributed by atoms with E-state index < -0.39 is 0 Å². The minimum Gasteiger partial charge on any atom is -0.491 e. The van der Waals surface area contributed by atoms with Gasteiger partial charge in [-0.15, -0.1) is 0 Å². The van der Waals surface area contributed by atoms with Crippen LogP contribution >= 0.6 is 0 Å². The zero-order valence-corrected chi connectivity index (χ0v) is 13.1. The van der Waals surface area contributed by atoms with Gasteiger partial charge in [-0.25, -0.2) is 0 Å². The average Bonchev–Trinajstić information content (AvgIpc) is 2.37. The van der Waals surface area contributed by atoms with E-state index in [4.69, 9.17) is 10.5 Å². The first-order valence-corrected chi connectivity index (χ1v) is 7.06. The molecule has 2 rings (SSSR count). The van der Waals surface area contributed by atoms with Crippen LogP contribution in [0.4, 0.5) is 22.7 Å². The van der Waals surface area contributed by atoms with Crippen molar-refractivity contribution in [1.29, 1.82) is 0 Å². The van der Waals surface area contributed by atoms with E-state index in [2.05, 4.69) is 16.3 Å². The molecular weight excluding hydrogens is 262 g/mol. The largest absolute Gasteiger partial charge is 0.491 e. The molecular formula is C17H23N3O. The molecule has 4 heteroatoms. The maximum Gasteiger partial charge on any atom is 0.123 e. The Labute approximate surface area is 126 Å². The molecule has 0 saturated heterocycles. The second kappa shape index (κ2) is 6.39. The molecule has 3 N–H and O–H groups in total. The highest BCUT2D eigenvalue weighted by atomic mass is 16.5. The number of ether oxygens (including phenoxy) is 1. The van der Waals surface area contributed by atoms with Gasteiger partial charge < -0.3 is 20.7 Å². The highest BCUT2D eigenvalue weighted by Crippen LogP contribution is 2.30. The number of nitrogens with two attached hydrogens (primary N) is 1. The predicted molar refractivity (Wildman–Crippen MR) is 90.7 cm³/mol. The van der Waals surface area contributed by atoms with Crippen LogP contribution in [0.3, 0.4) is 0 Å². The van der Waals surface area contributed by atoms with Crippen molar-refractivity contribution in [3.63, 3.8) is 0 Å². The first kappa shape index (κ1) is 15.0. The van der Waals surface area contributed by atoms with Crippen molar-refractivity contribution in [1.82, 2.24) is 0 Å². The van der Waals surface area contributed by atoms with E-state index in [0.29, 0.717) is 5.69 Å². The van der Waals surface area contributed by atoms with Crippen molar-refractivity contribution in [3.05, 3.63) is 42.5 Å². The zero-order valence-electron chi connectivity index (χ0n) is 13.1. The van der Waals surface area contributed by atoms with Crippen LogP contribution in [0.25, 0.3) is 0 Å². The number of nitrogen functional groups attached to an aromatic ring is 1. The third-order valence-electron chi connectivity index (χ3n) is 2.97. The number of hydrogen-bond donors (Lipinski definition) is 2. The molecule has 0 aliphatic heterocycles. The Balaban J connectivity index is 2.29. The molecule has 0 amide bonds. The van der Waals surface area contributed by atoms with Gasteiger partial charge in [-0.2, -0.15) is 0 Å². The van der Waals surface area contributed by atoms with Gasteiger partial charge in [0, 0.05) is 37.6 Å². The number of nitrogens with zero attached hydrogens (tertiary/aromatic N) is 1. The fourth-order valence-electron chi connectivity index (χ4n) is 2.16. The van der Waals surface area contributed by atoms with E-state index in [1.165, 1.54) is 0 Å². The molecule has 0 aromatic heterocycles. The molecule has 0 unspecified atom stereocenters. The predicted octanol–water partition coefficient (Wildman–Crippen LogP) is 3.87. The molecule has 0 atom stereocenters. The molecule has 112 valence electrons. The summed E-state index contributed by atoms with van der Waals surface area (Å²) in [6, 6.07) is 13.8. The molecule has 21 heavy (non-hydrogen) atoms. The molecule has 4 nitrogen and oxygen atoms in total. The Morgan fingerprint density at radius 3 is 2.48 bits per heavy atom. The Hall–Kier alpha value is -2.36. The summed E-state index contributed by atoms with van der Waals surface area (Å²) in [4.78, 5) is 2.07. The molecule has 0 aliphatic rings. The van der Waals surface area contributed by atoms with Crippen LogP contribution in [0, 0.1) is 0 Å². The summed E-state index contributed by atoms with van der Waals surface area (Å²) in [6.07, 6.45) is 0.119. The fourth-order valence-corrected chi connectivity index (χ4v) is 2.16. The van der Waals surface area contributed by atoms with E-state index in [0.717, 1.165) is 22.8 Å². The van der Waals surface area contributed by atoms with Crippen molar-refractivity contribution in [3.8, 4) is 5.75 Å². The van der Waals surface area contributed by atoms with Crippen molar-refractivity contribution in [2.75, 3.05) is 30.0 Å². The normalized spacial score (nSPS) is 10.5. The molecule has 0 spiro atoms. The number of nitrogens with one attached hydrogen (secondary N) is 1. The maximum absolute atomic E-state index is 5.96. The molecule has 0 saturated carbocycles. The third-order valence-corrected chi connectivity index (χ3v) is 2.97. The van der Waals surface area contributed by atoms with Crippen molar-refractivity contribution >= 4 is 22.7 Å². The van der Waals surface area contributed by atoms with Gasteiger partial charge in [0.2, 0.25) is 0 Å². The SMILES string of the molecule is CC(C)Oc1cc(N)cc(Nc2ccccc2N(C)C)c1. The Bertz CT molecular complexity index is 609. The maximum atomic E-state index is 5.96. The Morgan fingerprint density at radius 2 is 1.81 bits per heavy atom. The zero-order chi connectivity index (χ0) is 15.4. The van der Waals surface area contributed by atoms with Gasteiger partial charge in [0.1, 0.15) is 5.75 Å². The summed E-state index contributed by atoms with van der Waals surface area (Å²) in [7, 11) is 4.04. The monoisotopic (exact) mass is 285 g/mol. The van der Waals surface area contributed by atoms with Crippen LogP contribution in [0.5, 0.6) is 5.75 Å². The van der Waals surface area contributed by atoms with Crippen LogP contribution in [-0.2, 0) is 0 Å². The van der Waals surface area contributed by atoms with Gasteiger partial charge in [0.25, 0.3) is 0 Å². The molecule has 0 fully saturated rings. The lowest BCUT2D eigenvalue weighted by molar-refractivity contribution is 0.242. The molecule has 2 aromatic carbocycles. The average molecular weight is 285 g/mol. The molecule has 0 radical (unpaired) electrons. The summed E-state index contributed by atoms with van der Waals surface area (Å²) in [5, 5.41) is 3.41. The van der Waals surface area contributed by atoms with E-state index in [1.54, 1.807) is 0 Å². The fraction of sp³-hybridized carbons (Fsp3) is 0.294. The van der Waals surface area contributed by atoms with Gasteiger partial charge in [-0.1, -0.05) is 12.1 Å². The van der Waals surface area contributed by atoms with Crippen LogP contribution in [-0.4, -0.2) is 20.2 Å². The molecule has 0 bridgehead atoms. The van der Waals surface area contributed by atoms with Gasteiger partial charge in [-0.05, 0) is 32.0 Å². The van der Waals surface area contributed by atoms with Crippen LogP contribution in [0.2, 0.25) is 0 Å². The highest BCUT2D eigenvalue weighted by Gasteiger charge is 2.06. The summed E-state index contributed by atoms with van der Waals surface area (Å²) >= 11 is 0.